The summed E-state index contributed by atoms with van der Waals surface area (Å²) in [5, 5.41) is 0. The number of sulfonamides is 1. The number of benzene rings is 1. The van der Waals surface area contributed by atoms with Crippen LogP contribution in [-0.4, -0.2) is 25.1 Å². The number of hydrogen-bond acceptors (Lipinski definition) is 3. The van der Waals surface area contributed by atoms with Crippen molar-refractivity contribution in [2.24, 2.45) is 5.41 Å². The van der Waals surface area contributed by atoms with E-state index in [2.05, 4.69) is 0 Å². The van der Waals surface area contributed by atoms with Gasteiger partial charge in [-0.1, -0.05) is 30.7 Å². The third-order valence-corrected chi connectivity index (χ3v) is 6.12. The summed E-state index contributed by atoms with van der Waals surface area (Å²) in [5.74, 6) is 0.161. The maximum Gasteiger partial charge on any atom is 0.263 e. The largest absolute Gasteiger partial charge is 0.299 e. The number of allylic oxidation sites excluding steroid dienone is 2. The van der Waals surface area contributed by atoms with E-state index >= 15 is 0 Å². The van der Waals surface area contributed by atoms with Crippen LogP contribution in [0.1, 0.15) is 25.3 Å². The lowest BCUT2D eigenvalue weighted by Gasteiger charge is -2.40. The second-order valence-electron chi connectivity index (χ2n) is 6.32. The Bertz CT molecular complexity index is 775. The van der Waals surface area contributed by atoms with Crippen molar-refractivity contribution < 1.29 is 13.2 Å². The van der Waals surface area contributed by atoms with E-state index in [1.54, 1.807) is 30.5 Å². The fraction of sp³-hybridized carbons (Fsp3) is 0.353. The summed E-state index contributed by atoms with van der Waals surface area (Å²) >= 11 is 0. The molecule has 0 radical (unpaired) electrons. The van der Waals surface area contributed by atoms with E-state index in [4.69, 9.17) is 0 Å². The smallest absolute Gasteiger partial charge is 0.263 e. The molecule has 2 aliphatic rings. The topological polar surface area (TPSA) is 54.5 Å². The summed E-state index contributed by atoms with van der Waals surface area (Å²) in [6.45, 7) is 4.18. The van der Waals surface area contributed by atoms with Gasteiger partial charge in [0.15, 0.2) is 0 Å². The standard InChI is InChI=1S/C17H19NO3S/c1-13-3-7-16(8-4-13)22(20,21)18-10-9-14-5-6-15(19)11-17(14,2)12-18/h3-5,7-10H,6,11-12H2,1-2H3. The molecule has 1 aromatic carbocycles. The van der Waals surface area contributed by atoms with Crippen molar-refractivity contribution in [2.45, 2.75) is 31.6 Å². The van der Waals surface area contributed by atoms with Gasteiger partial charge in [-0.25, -0.2) is 8.42 Å². The Morgan fingerprint density at radius 1 is 1.18 bits per heavy atom. The van der Waals surface area contributed by atoms with Gasteiger partial charge in [-0.15, -0.1) is 0 Å². The summed E-state index contributed by atoms with van der Waals surface area (Å²) in [6, 6.07) is 6.83. The molecule has 0 fully saturated rings. The Balaban J connectivity index is 1.97. The van der Waals surface area contributed by atoms with Crippen LogP contribution in [0.5, 0.6) is 0 Å². The summed E-state index contributed by atoms with van der Waals surface area (Å²) in [6.07, 6.45) is 6.18. The zero-order valence-corrected chi connectivity index (χ0v) is 13.6. The van der Waals surface area contributed by atoms with E-state index in [9.17, 15) is 13.2 Å². The van der Waals surface area contributed by atoms with Crippen molar-refractivity contribution in [3.8, 4) is 0 Å². The van der Waals surface area contributed by atoms with Crippen molar-refractivity contribution in [1.82, 2.24) is 4.31 Å². The number of fused-ring (bicyclic) bond motifs is 1. The molecule has 4 nitrogen and oxygen atoms in total. The predicted molar refractivity (Wildman–Crippen MR) is 84.6 cm³/mol. The van der Waals surface area contributed by atoms with Gasteiger partial charge in [0, 0.05) is 31.0 Å². The predicted octanol–water partition coefficient (Wildman–Crippen LogP) is 2.81. The minimum Gasteiger partial charge on any atom is -0.299 e. The zero-order chi connectivity index (χ0) is 16.0. The highest BCUT2D eigenvalue weighted by Crippen LogP contribution is 2.41. The Labute approximate surface area is 131 Å². The van der Waals surface area contributed by atoms with Gasteiger partial charge < -0.3 is 0 Å². The Hall–Kier alpha value is -1.88. The highest BCUT2D eigenvalue weighted by molar-refractivity contribution is 7.89. The van der Waals surface area contributed by atoms with Gasteiger partial charge in [0.2, 0.25) is 0 Å². The highest BCUT2D eigenvalue weighted by atomic mass is 32.2. The molecule has 1 aliphatic heterocycles. The molecule has 0 saturated heterocycles. The molecule has 0 amide bonds. The number of hydrogen-bond donors (Lipinski definition) is 0. The molecule has 1 aliphatic carbocycles. The highest BCUT2D eigenvalue weighted by Gasteiger charge is 2.40. The number of rotatable bonds is 2. The minimum atomic E-state index is -3.58. The van der Waals surface area contributed by atoms with Crippen LogP contribution in [0.15, 0.2) is 53.1 Å². The molecule has 1 aromatic rings. The number of carbonyl (C=O) groups is 1. The van der Waals surface area contributed by atoms with Gasteiger partial charge in [-0.3, -0.25) is 9.10 Å². The van der Waals surface area contributed by atoms with E-state index < -0.39 is 15.4 Å². The molecule has 5 heteroatoms. The molecule has 0 aromatic heterocycles. The molecule has 116 valence electrons. The van der Waals surface area contributed by atoms with Crippen LogP contribution in [0.4, 0.5) is 0 Å². The number of Topliss-reactive ketones (excluding diaryl/α,β-unsaturated/α-hetero) is 1. The molecule has 1 heterocycles. The molecular formula is C17H19NO3S. The number of ketones is 1. The van der Waals surface area contributed by atoms with E-state index in [1.165, 1.54) is 4.31 Å². The van der Waals surface area contributed by atoms with E-state index in [0.717, 1.165) is 11.1 Å². The molecule has 1 atom stereocenters. The first-order valence-corrected chi connectivity index (χ1v) is 8.74. The minimum absolute atomic E-state index is 0.161. The van der Waals surface area contributed by atoms with Crippen LogP contribution in [0.2, 0.25) is 0 Å². The van der Waals surface area contributed by atoms with Crippen LogP contribution in [0, 0.1) is 12.3 Å². The van der Waals surface area contributed by atoms with Crippen molar-refractivity contribution >= 4 is 15.8 Å². The van der Waals surface area contributed by atoms with Crippen LogP contribution in [0.3, 0.4) is 0 Å². The van der Waals surface area contributed by atoms with Gasteiger partial charge in [0.25, 0.3) is 10.0 Å². The van der Waals surface area contributed by atoms with Crippen LogP contribution >= 0.6 is 0 Å². The van der Waals surface area contributed by atoms with E-state index in [-0.39, 0.29) is 10.7 Å². The molecular weight excluding hydrogens is 298 g/mol. The van der Waals surface area contributed by atoms with Crippen LogP contribution in [0.25, 0.3) is 0 Å². The van der Waals surface area contributed by atoms with Crippen molar-refractivity contribution in [3.05, 3.63) is 53.8 Å². The fourth-order valence-electron chi connectivity index (χ4n) is 3.07. The summed E-state index contributed by atoms with van der Waals surface area (Å²) in [4.78, 5) is 12.0. The van der Waals surface area contributed by atoms with Crippen molar-refractivity contribution in [3.63, 3.8) is 0 Å². The molecule has 3 rings (SSSR count). The maximum atomic E-state index is 12.8. The first-order valence-electron chi connectivity index (χ1n) is 7.30. The number of nitrogens with zero attached hydrogens (tertiary/aromatic N) is 1. The van der Waals surface area contributed by atoms with Crippen molar-refractivity contribution in [2.75, 3.05) is 6.54 Å². The first-order chi connectivity index (χ1) is 10.3. The third kappa shape index (κ3) is 2.50. The third-order valence-electron chi connectivity index (χ3n) is 4.39. The second kappa shape index (κ2) is 5.09. The first kappa shape index (κ1) is 15.0. The SMILES string of the molecule is Cc1ccc(S(=O)(=O)N2C=CC3=CCC(=O)CC3(C)C2)cc1. The average Bonchev–Trinajstić information content (AvgIpc) is 2.46. The van der Waals surface area contributed by atoms with Gasteiger partial charge in [0.05, 0.1) is 4.90 Å². The Kier molecular flexibility index (Phi) is 3.48. The van der Waals surface area contributed by atoms with Gasteiger partial charge >= 0.3 is 0 Å². The van der Waals surface area contributed by atoms with Crippen molar-refractivity contribution in [1.29, 1.82) is 0 Å². The lowest BCUT2D eigenvalue weighted by molar-refractivity contribution is -0.120. The van der Waals surface area contributed by atoms with Crippen LogP contribution < -0.4 is 0 Å². The summed E-state index contributed by atoms with van der Waals surface area (Å²) in [5.41, 5.74) is 1.65. The fourth-order valence-corrected chi connectivity index (χ4v) is 4.49. The quantitative estimate of drug-likeness (QED) is 0.843. The zero-order valence-electron chi connectivity index (χ0n) is 12.7. The molecule has 0 spiro atoms. The Morgan fingerprint density at radius 2 is 1.86 bits per heavy atom. The number of carbonyl (C=O) groups excluding carboxylic acids is 1. The maximum absolute atomic E-state index is 12.8. The lowest BCUT2D eigenvalue weighted by atomic mass is 9.72. The van der Waals surface area contributed by atoms with Gasteiger partial charge in [-0.2, -0.15) is 0 Å². The number of aryl methyl sites for hydroxylation is 1. The molecule has 0 bridgehead atoms. The lowest BCUT2D eigenvalue weighted by Crippen LogP contribution is -2.42. The molecule has 22 heavy (non-hydrogen) atoms. The summed E-state index contributed by atoms with van der Waals surface area (Å²) < 4.78 is 26.9. The molecule has 0 saturated carbocycles. The van der Waals surface area contributed by atoms with Crippen LogP contribution in [-0.2, 0) is 14.8 Å². The normalized spacial score (nSPS) is 24.9. The second-order valence-corrected chi connectivity index (χ2v) is 8.21. The summed E-state index contributed by atoms with van der Waals surface area (Å²) in [7, 11) is -3.58. The monoisotopic (exact) mass is 317 g/mol. The molecule has 0 N–H and O–H groups in total. The Morgan fingerprint density at radius 3 is 2.55 bits per heavy atom. The van der Waals surface area contributed by atoms with E-state index in [0.29, 0.717) is 19.4 Å². The molecule has 1 unspecified atom stereocenters. The van der Waals surface area contributed by atoms with E-state index in [1.807, 2.05) is 26.0 Å². The average molecular weight is 317 g/mol. The van der Waals surface area contributed by atoms with Gasteiger partial charge in [-0.05, 0) is 30.7 Å². The van der Waals surface area contributed by atoms with Gasteiger partial charge in [0.1, 0.15) is 5.78 Å².